The SMILES string of the molecule is Cn1ccc2ccc(C(=O)NCCc3ccc(F)cc3)cc21. The minimum absolute atomic E-state index is 0.0924. The molecular weight excluding hydrogens is 279 g/mol. The molecule has 0 aliphatic rings. The Morgan fingerprint density at radius 3 is 2.68 bits per heavy atom. The van der Waals surface area contributed by atoms with Gasteiger partial charge in [0.2, 0.25) is 0 Å². The van der Waals surface area contributed by atoms with Gasteiger partial charge in [-0.2, -0.15) is 0 Å². The predicted molar refractivity (Wildman–Crippen MR) is 85.4 cm³/mol. The van der Waals surface area contributed by atoms with Crippen molar-refractivity contribution in [3.8, 4) is 0 Å². The molecule has 0 aliphatic heterocycles. The first kappa shape index (κ1) is 14.3. The van der Waals surface area contributed by atoms with Gasteiger partial charge in [-0.05, 0) is 47.7 Å². The zero-order valence-electron chi connectivity index (χ0n) is 12.3. The summed E-state index contributed by atoms with van der Waals surface area (Å²) in [5, 5.41) is 4.01. The molecule has 22 heavy (non-hydrogen) atoms. The van der Waals surface area contributed by atoms with E-state index in [-0.39, 0.29) is 11.7 Å². The number of fused-ring (bicyclic) bond motifs is 1. The lowest BCUT2D eigenvalue weighted by atomic mass is 10.1. The summed E-state index contributed by atoms with van der Waals surface area (Å²) in [6.45, 7) is 0.523. The van der Waals surface area contributed by atoms with Crippen LogP contribution in [0.1, 0.15) is 15.9 Å². The van der Waals surface area contributed by atoms with Crippen LogP contribution in [-0.2, 0) is 13.5 Å². The Hall–Kier alpha value is -2.62. The van der Waals surface area contributed by atoms with Crippen LogP contribution in [0.5, 0.6) is 0 Å². The largest absolute Gasteiger partial charge is 0.352 e. The van der Waals surface area contributed by atoms with Crippen LogP contribution in [0.15, 0.2) is 54.7 Å². The summed E-state index contributed by atoms with van der Waals surface area (Å²) in [5.74, 6) is -0.339. The number of nitrogens with zero attached hydrogens (tertiary/aromatic N) is 1. The van der Waals surface area contributed by atoms with Gasteiger partial charge in [-0.1, -0.05) is 18.2 Å². The smallest absolute Gasteiger partial charge is 0.251 e. The number of hydrogen-bond acceptors (Lipinski definition) is 1. The van der Waals surface area contributed by atoms with Crippen molar-refractivity contribution in [2.24, 2.45) is 7.05 Å². The topological polar surface area (TPSA) is 34.0 Å². The average molecular weight is 296 g/mol. The molecule has 0 spiro atoms. The fraction of sp³-hybridized carbons (Fsp3) is 0.167. The third kappa shape index (κ3) is 3.01. The zero-order valence-corrected chi connectivity index (χ0v) is 12.3. The van der Waals surface area contributed by atoms with Crippen molar-refractivity contribution in [2.75, 3.05) is 6.54 Å². The number of hydrogen-bond donors (Lipinski definition) is 1. The van der Waals surface area contributed by atoms with Crippen LogP contribution < -0.4 is 5.32 Å². The number of benzene rings is 2. The first-order valence-electron chi connectivity index (χ1n) is 7.21. The Morgan fingerprint density at radius 1 is 1.14 bits per heavy atom. The van der Waals surface area contributed by atoms with Gasteiger partial charge < -0.3 is 9.88 Å². The molecule has 3 rings (SSSR count). The van der Waals surface area contributed by atoms with Gasteiger partial charge in [0.1, 0.15) is 5.82 Å². The lowest BCUT2D eigenvalue weighted by Gasteiger charge is -2.06. The maximum Gasteiger partial charge on any atom is 0.251 e. The highest BCUT2D eigenvalue weighted by Gasteiger charge is 2.07. The Balaban J connectivity index is 1.63. The molecular formula is C18H17FN2O. The monoisotopic (exact) mass is 296 g/mol. The van der Waals surface area contributed by atoms with E-state index >= 15 is 0 Å². The molecule has 1 aromatic heterocycles. The van der Waals surface area contributed by atoms with E-state index < -0.39 is 0 Å². The van der Waals surface area contributed by atoms with Gasteiger partial charge in [0, 0.05) is 30.9 Å². The summed E-state index contributed by atoms with van der Waals surface area (Å²) < 4.78 is 14.8. The highest BCUT2D eigenvalue weighted by molar-refractivity contribution is 5.98. The van der Waals surface area contributed by atoms with Crippen molar-refractivity contribution in [1.82, 2.24) is 9.88 Å². The molecule has 1 amide bonds. The van der Waals surface area contributed by atoms with Crippen molar-refractivity contribution in [3.05, 3.63) is 71.7 Å². The van der Waals surface area contributed by atoms with E-state index in [0.29, 0.717) is 18.5 Å². The molecule has 0 saturated heterocycles. The predicted octanol–water partition coefficient (Wildman–Crippen LogP) is 3.29. The molecule has 0 fully saturated rings. The zero-order chi connectivity index (χ0) is 15.5. The van der Waals surface area contributed by atoms with E-state index in [1.54, 1.807) is 12.1 Å². The van der Waals surface area contributed by atoms with Crippen LogP contribution in [0, 0.1) is 5.82 Å². The minimum Gasteiger partial charge on any atom is -0.352 e. The molecule has 2 aromatic carbocycles. The fourth-order valence-corrected chi connectivity index (χ4v) is 2.48. The molecule has 0 unspecified atom stereocenters. The Bertz CT molecular complexity index is 806. The second-order valence-corrected chi connectivity index (χ2v) is 5.33. The third-order valence-electron chi connectivity index (χ3n) is 3.76. The molecule has 1 heterocycles. The van der Waals surface area contributed by atoms with Crippen LogP contribution in [0.4, 0.5) is 4.39 Å². The summed E-state index contributed by atoms with van der Waals surface area (Å²) >= 11 is 0. The van der Waals surface area contributed by atoms with Gasteiger partial charge in [-0.3, -0.25) is 4.79 Å². The first-order valence-corrected chi connectivity index (χ1v) is 7.21. The maximum absolute atomic E-state index is 12.8. The van der Waals surface area contributed by atoms with E-state index in [9.17, 15) is 9.18 Å². The van der Waals surface area contributed by atoms with E-state index in [1.807, 2.05) is 42.1 Å². The second-order valence-electron chi connectivity index (χ2n) is 5.33. The average Bonchev–Trinajstić information content (AvgIpc) is 2.90. The van der Waals surface area contributed by atoms with E-state index in [2.05, 4.69) is 5.32 Å². The summed E-state index contributed by atoms with van der Waals surface area (Å²) in [6.07, 6.45) is 2.65. The third-order valence-corrected chi connectivity index (χ3v) is 3.76. The van der Waals surface area contributed by atoms with E-state index in [1.165, 1.54) is 12.1 Å². The molecule has 112 valence electrons. The lowest BCUT2D eigenvalue weighted by molar-refractivity contribution is 0.0954. The quantitative estimate of drug-likeness (QED) is 0.787. The summed E-state index contributed by atoms with van der Waals surface area (Å²) in [6, 6.07) is 14.0. The minimum atomic E-state index is -0.247. The number of aromatic nitrogens is 1. The van der Waals surface area contributed by atoms with Crippen molar-refractivity contribution in [1.29, 1.82) is 0 Å². The molecule has 0 aliphatic carbocycles. The van der Waals surface area contributed by atoms with Gasteiger partial charge in [0.05, 0.1) is 0 Å². The van der Waals surface area contributed by atoms with Crippen molar-refractivity contribution in [2.45, 2.75) is 6.42 Å². The second kappa shape index (κ2) is 6.02. The van der Waals surface area contributed by atoms with Gasteiger partial charge in [0.25, 0.3) is 5.91 Å². The van der Waals surface area contributed by atoms with Crippen LogP contribution in [-0.4, -0.2) is 17.0 Å². The number of aryl methyl sites for hydroxylation is 1. The number of carbonyl (C=O) groups excluding carboxylic acids is 1. The maximum atomic E-state index is 12.8. The number of carbonyl (C=O) groups is 1. The fourth-order valence-electron chi connectivity index (χ4n) is 2.48. The van der Waals surface area contributed by atoms with Crippen LogP contribution in [0.2, 0.25) is 0 Å². The van der Waals surface area contributed by atoms with E-state index in [0.717, 1.165) is 16.5 Å². The number of rotatable bonds is 4. The Labute approximate surface area is 128 Å². The van der Waals surface area contributed by atoms with Crippen molar-refractivity contribution >= 4 is 16.8 Å². The van der Waals surface area contributed by atoms with Gasteiger partial charge in [-0.15, -0.1) is 0 Å². The number of halogens is 1. The van der Waals surface area contributed by atoms with E-state index in [4.69, 9.17) is 0 Å². The normalized spacial score (nSPS) is 10.8. The molecule has 0 atom stereocenters. The van der Waals surface area contributed by atoms with Crippen molar-refractivity contribution < 1.29 is 9.18 Å². The molecule has 1 N–H and O–H groups in total. The Morgan fingerprint density at radius 2 is 1.91 bits per heavy atom. The van der Waals surface area contributed by atoms with Crippen LogP contribution in [0.3, 0.4) is 0 Å². The highest BCUT2D eigenvalue weighted by Crippen LogP contribution is 2.16. The van der Waals surface area contributed by atoms with Gasteiger partial charge >= 0.3 is 0 Å². The highest BCUT2D eigenvalue weighted by atomic mass is 19.1. The van der Waals surface area contributed by atoms with Crippen LogP contribution >= 0.6 is 0 Å². The lowest BCUT2D eigenvalue weighted by Crippen LogP contribution is -2.25. The van der Waals surface area contributed by atoms with Gasteiger partial charge in [0.15, 0.2) is 0 Å². The molecule has 0 bridgehead atoms. The first-order chi connectivity index (χ1) is 10.6. The van der Waals surface area contributed by atoms with Crippen molar-refractivity contribution in [3.63, 3.8) is 0 Å². The molecule has 0 radical (unpaired) electrons. The van der Waals surface area contributed by atoms with Gasteiger partial charge in [-0.25, -0.2) is 4.39 Å². The molecule has 3 nitrogen and oxygen atoms in total. The molecule has 0 saturated carbocycles. The van der Waals surface area contributed by atoms with Crippen LogP contribution in [0.25, 0.3) is 10.9 Å². The number of amides is 1. The Kier molecular flexibility index (Phi) is 3.92. The summed E-state index contributed by atoms with van der Waals surface area (Å²) in [5.41, 5.74) is 2.68. The standard InChI is InChI=1S/C18H17FN2O/c1-21-11-9-14-4-5-15(12-17(14)21)18(22)20-10-8-13-2-6-16(19)7-3-13/h2-7,9,11-12H,8,10H2,1H3,(H,20,22). The number of nitrogens with one attached hydrogen (secondary N) is 1. The summed E-state index contributed by atoms with van der Waals surface area (Å²) in [7, 11) is 1.96. The molecule has 4 heteroatoms. The summed E-state index contributed by atoms with van der Waals surface area (Å²) in [4.78, 5) is 12.2. The molecule has 3 aromatic rings.